The van der Waals surface area contributed by atoms with Crippen molar-refractivity contribution in [1.29, 1.82) is 0 Å². The van der Waals surface area contributed by atoms with Gasteiger partial charge in [-0.05, 0) is 37.1 Å². The number of benzene rings is 1. The molecule has 5 nitrogen and oxygen atoms in total. The Morgan fingerprint density at radius 3 is 3.10 bits per heavy atom. The minimum atomic E-state index is -0.0493. The van der Waals surface area contributed by atoms with Crippen LogP contribution in [-0.2, 0) is 11.2 Å². The van der Waals surface area contributed by atoms with Gasteiger partial charge in [0.2, 0.25) is 0 Å². The van der Waals surface area contributed by atoms with Gasteiger partial charge in [0, 0.05) is 18.1 Å². The lowest BCUT2D eigenvalue weighted by molar-refractivity contribution is 0.0191. The molecule has 1 heterocycles. The van der Waals surface area contributed by atoms with Gasteiger partial charge in [0.15, 0.2) is 0 Å². The minimum Gasteiger partial charge on any atom is -0.496 e. The molecule has 116 valence electrons. The van der Waals surface area contributed by atoms with Crippen LogP contribution in [0, 0.1) is 0 Å². The maximum Gasteiger partial charge on any atom is 0.317 e. The van der Waals surface area contributed by atoms with E-state index in [1.54, 1.807) is 18.1 Å². The fraction of sp³-hybridized carbons (Fsp3) is 0.533. The molecule has 0 unspecified atom stereocenters. The van der Waals surface area contributed by atoms with Gasteiger partial charge in [-0.3, -0.25) is 0 Å². The summed E-state index contributed by atoms with van der Waals surface area (Å²) in [6, 6.07) is 5.55. The number of carbonyl (C=O) groups excluding carboxylic acids is 1. The van der Waals surface area contributed by atoms with Crippen LogP contribution in [0.5, 0.6) is 5.75 Å². The van der Waals surface area contributed by atoms with Crippen molar-refractivity contribution in [2.45, 2.75) is 19.4 Å². The van der Waals surface area contributed by atoms with Gasteiger partial charge in [-0.15, -0.1) is 0 Å². The topological polar surface area (TPSA) is 50.8 Å². The summed E-state index contributed by atoms with van der Waals surface area (Å²) < 4.78 is 10.6. The molecular weight excluding hydrogens is 292 g/mol. The number of morpholine rings is 1. The molecule has 6 heteroatoms. The van der Waals surface area contributed by atoms with Crippen molar-refractivity contribution in [3.8, 4) is 5.75 Å². The highest BCUT2D eigenvalue weighted by Crippen LogP contribution is 2.22. The quantitative estimate of drug-likeness (QED) is 0.928. The number of rotatable bonds is 4. The van der Waals surface area contributed by atoms with Crippen LogP contribution in [0.15, 0.2) is 18.2 Å². The fourth-order valence-electron chi connectivity index (χ4n) is 2.38. The molecule has 0 aliphatic carbocycles. The van der Waals surface area contributed by atoms with Crippen LogP contribution in [0.25, 0.3) is 0 Å². The third kappa shape index (κ3) is 4.25. The smallest absolute Gasteiger partial charge is 0.317 e. The lowest BCUT2D eigenvalue weighted by Crippen LogP contribution is -2.51. The molecule has 1 atom stereocenters. The van der Waals surface area contributed by atoms with Gasteiger partial charge < -0.3 is 19.7 Å². The molecule has 21 heavy (non-hydrogen) atoms. The number of hydrogen-bond acceptors (Lipinski definition) is 3. The Hall–Kier alpha value is -1.46. The first-order valence-corrected chi connectivity index (χ1v) is 7.44. The molecule has 1 aliphatic heterocycles. The summed E-state index contributed by atoms with van der Waals surface area (Å²) >= 11 is 5.99. The number of amides is 2. The molecule has 1 aliphatic rings. The van der Waals surface area contributed by atoms with Gasteiger partial charge in [-0.2, -0.15) is 0 Å². The number of carbonyl (C=O) groups is 1. The van der Waals surface area contributed by atoms with Gasteiger partial charge in [0.1, 0.15) is 5.75 Å². The predicted molar refractivity (Wildman–Crippen MR) is 82.1 cm³/mol. The van der Waals surface area contributed by atoms with E-state index >= 15 is 0 Å². The Balaban J connectivity index is 1.86. The van der Waals surface area contributed by atoms with Crippen molar-refractivity contribution in [1.82, 2.24) is 10.2 Å². The Labute approximate surface area is 130 Å². The monoisotopic (exact) mass is 312 g/mol. The normalized spacial score (nSPS) is 18.4. The first-order chi connectivity index (χ1) is 10.1. The Bertz CT molecular complexity index is 496. The molecule has 0 spiro atoms. The van der Waals surface area contributed by atoms with Crippen molar-refractivity contribution in [2.75, 3.05) is 33.4 Å². The Morgan fingerprint density at radius 1 is 1.57 bits per heavy atom. The molecule has 1 aromatic rings. The van der Waals surface area contributed by atoms with Crippen LogP contribution in [0.1, 0.15) is 12.5 Å². The second-order valence-corrected chi connectivity index (χ2v) is 5.49. The molecule has 1 fully saturated rings. The number of nitrogens with one attached hydrogen (secondary N) is 1. The first kappa shape index (κ1) is 15.9. The van der Waals surface area contributed by atoms with E-state index in [2.05, 4.69) is 5.32 Å². The standard InChI is InChI=1S/C15H21ClN2O3/c1-11-10-21-8-7-18(11)15(19)17-6-5-12-9-13(16)3-4-14(12)20-2/h3-4,9,11H,5-8,10H2,1-2H3,(H,17,19)/t11-/m1/s1. The van der Waals surface area contributed by atoms with E-state index < -0.39 is 0 Å². The van der Waals surface area contributed by atoms with Gasteiger partial charge in [-0.25, -0.2) is 4.79 Å². The number of methoxy groups -OCH3 is 1. The average molecular weight is 313 g/mol. The highest BCUT2D eigenvalue weighted by Gasteiger charge is 2.23. The van der Waals surface area contributed by atoms with Crippen LogP contribution in [0.3, 0.4) is 0 Å². The third-order valence-corrected chi connectivity index (χ3v) is 3.78. The summed E-state index contributed by atoms with van der Waals surface area (Å²) in [6.45, 7) is 4.35. The maximum absolute atomic E-state index is 12.1. The number of halogens is 1. The Morgan fingerprint density at radius 2 is 2.38 bits per heavy atom. The molecule has 0 aromatic heterocycles. The van der Waals surface area contributed by atoms with Gasteiger partial charge in [0.05, 0.1) is 26.4 Å². The molecule has 0 bridgehead atoms. The van der Waals surface area contributed by atoms with E-state index in [-0.39, 0.29) is 12.1 Å². The zero-order valence-corrected chi connectivity index (χ0v) is 13.2. The molecule has 2 rings (SSSR count). The van der Waals surface area contributed by atoms with Crippen LogP contribution in [-0.4, -0.2) is 50.4 Å². The number of urea groups is 1. The molecule has 1 aromatic carbocycles. The minimum absolute atomic E-state index is 0.0493. The number of hydrogen-bond donors (Lipinski definition) is 1. The van der Waals surface area contributed by atoms with E-state index in [1.807, 2.05) is 19.1 Å². The predicted octanol–water partition coefficient (Wildman–Crippen LogP) is 2.32. The van der Waals surface area contributed by atoms with E-state index in [4.69, 9.17) is 21.1 Å². The third-order valence-electron chi connectivity index (χ3n) is 3.54. The number of ether oxygens (including phenoxy) is 2. The average Bonchev–Trinajstić information content (AvgIpc) is 2.48. The summed E-state index contributed by atoms with van der Waals surface area (Å²) in [5.74, 6) is 0.786. The summed E-state index contributed by atoms with van der Waals surface area (Å²) in [5, 5.41) is 3.60. The van der Waals surface area contributed by atoms with Crippen LogP contribution >= 0.6 is 11.6 Å². The highest BCUT2D eigenvalue weighted by molar-refractivity contribution is 6.30. The summed E-state index contributed by atoms with van der Waals surface area (Å²) in [6.07, 6.45) is 0.675. The summed E-state index contributed by atoms with van der Waals surface area (Å²) in [5.41, 5.74) is 0.986. The lowest BCUT2D eigenvalue weighted by Gasteiger charge is -2.33. The fourth-order valence-corrected chi connectivity index (χ4v) is 2.57. The van der Waals surface area contributed by atoms with E-state index in [0.29, 0.717) is 37.7 Å². The van der Waals surface area contributed by atoms with Crippen molar-refractivity contribution >= 4 is 17.6 Å². The van der Waals surface area contributed by atoms with Crippen LogP contribution in [0.4, 0.5) is 4.79 Å². The second kappa shape index (κ2) is 7.52. The van der Waals surface area contributed by atoms with Crippen molar-refractivity contribution in [3.05, 3.63) is 28.8 Å². The van der Waals surface area contributed by atoms with E-state index in [0.717, 1.165) is 11.3 Å². The largest absolute Gasteiger partial charge is 0.496 e. The lowest BCUT2D eigenvalue weighted by atomic mass is 10.1. The molecule has 1 N–H and O–H groups in total. The summed E-state index contributed by atoms with van der Waals surface area (Å²) in [4.78, 5) is 13.9. The van der Waals surface area contributed by atoms with Gasteiger partial charge in [-0.1, -0.05) is 11.6 Å². The Kier molecular flexibility index (Phi) is 5.70. The highest BCUT2D eigenvalue weighted by atomic mass is 35.5. The molecule has 2 amide bonds. The zero-order chi connectivity index (χ0) is 15.2. The zero-order valence-electron chi connectivity index (χ0n) is 12.4. The second-order valence-electron chi connectivity index (χ2n) is 5.06. The van der Waals surface area contributed by atoms with E-state index in [9.17, 15) is 4.79 Å². The molecule has 0 radical (unpaired) electrons. The summed E-state index contributed by atoms with van der Waals surface area (Å²) in [7, 11) is 1.63. The molecule has 1 saturated heterocycles. The van der Waals surface area contributed by atoms with Crippen molar-refractivity contribution < 1.29 is 14.3 Å². The van der Waals surface area contributed by atoms with Crippen molar-refractivity contribution in [2.24, 2.45) is 0 Å². The molecular formula is C15H21ClN2O3. The van der Waals surface area contributed by atoms with Crippen LogP contribution < -0.4 is 10.1 Å². The number of nitrogens with zero attached hydrogens (tertiary/aromatic N) is 1. The molecule has 0 saturated carbocycles. The van der Waals surface area contributed by atoms with Gasteiger partial charge >= 0.3 is 6.03 Å². The first-order valence-electron chi connectivity index (χ1n) is 7.06. The van der Waals surface area contributed by atoms with Crippen molar-refractivity contribution in [3.63, 3.8) is 0 Å². The van der Waals surface area contributed by atoms with E-state index in [1.165, 1.54) is 0 Å². The van der Waals surface area contributed by atoms with Gasteiger partial charge in [0.25, 0.3) is 0 Å². The maximum atomic E-state index is 12.1. The SMILES string of the molecule is COc1ccc(Cl)cc1CCNC(=O)N1CCOC[C@H]1C. The van der Waals surface area contributed by atoms with Crippen LogP contribution in [0.2, 0.25) is 5.02 Å².